The van der Waals surface area contributed by atoms with Crippen molar-refractivity contribution in [3.8, 4) is 0 Å². The second-order valence-electron chi connectivity index (χ2n) is 11.1. The summed E-state index contributed by atoms with van der Waals surface area (Å²) in [5, 5.41) is 4.71. The Balaban J connectivity index is 0.000000265. The van der Waals surface area contributed by atoms with Crippen molar-refractivity contribution in [3.63, 3.8) is 0 Å². The van der Waals surface area contributed by atoms with Crippen LogP contribution < -0.4 is 10.0 Å². The summed E-state index contributed by atoms with van der Waals surface area (Å²) in [6.07, 6.45) is 4.55. The Kier molecular flexibility index (Phi) is 10.6. The zero-order valence-electron chi connectivity index (χ0n) is 24.8. The lowest BCUT2D eigenvalue weighted by atomic mass is 9.91. The number of benzene rings is 3. The van der Waals surface area contributed by atoms with Crippen LogP contribution in [0.2, 0.25) is 0 Å². The molecule has 0 radical (unpaired) electrons. The normalized spacial score (nSPS) is 15.4. The van der Waals surface area contributed by atoms with Gasteiger partial charge >= 0.3 is 6.18 Å². The number of carbonyl (C=O) groups is 1. The van der Waals surface area contributed by atoms with Crippen molar-refractivity contribution < 1.29 is 26.4 Å². The highest BCUT2D eigenvalue weighted by molar-refractivity contribution is 7.89. The van der Waals surface area contributed by atoms with E-state index < -0.39 is 21.8 Å². The Morgan fingerprint density at radius 3 is 2.27 bits per heavy atom. The molecule has 5 rings (SSSR count). The van der Waals surface area contributed by atoms with Crippen LogP contribution in [0.4, 0.5) is 18.9 Å². The van der Waals surface area contributed by atoms with Crippen LogP contribution in [-0.2, 0) is 33.8 Å². The minimum Gasteiger partial charge on any atom is -0.374 e. The average Bonchev–Trinajstić information content (AvgIpc) is 2.99. The molecule has 1 amide bonds. The molecule has 0 aromatic heterocycles. The van der Waals surface area contributed by atoms with Crippen molar-refractivity contribution in [2.45, 2.75) is 56.0 Å². The number of hydrogen-bond acceptors (Lipinski definition) is 5. The molecule has 1 aliphatic heterocycles. The first-order valence-corrected chi connectivity index (χ1v) is 16.0. The number of alkyl halides is 3. The maximum Gasteiger partial charge on any atom is 0.416 e. The van der Waals surface area contributed by atoms with E-state index in [4.69, 9.17) is 5.14 Å². The molecule has 1 unspecified atom stereocenters. The summed E-state index contributed by atoms with van der Waals surface area (Å²) in [4.78, 5) is 21.7. The number of sulfonamides is 1. The molecule has 7 nitrogen and oxygen atoms in total. The van der Waals surface area contributed by atoms with Crippen LogP contribution in [0.5, 0.6) is 0 Å². The van der Waals surface area contributed by atoms with Crippen LogP contribution >= 0.6 is 0 Å². The lowest BCUT2D eigenvalue weighted by Crippen LogP contribution is -2.40. The van der Waals surface area contributed by atoms with Gasteiger partial charge in [0.2, 0.25) is 15.9 Å². The highest BCUT2D eigenvalue weighted by atomic mass is 32.2. The standard InChI is InChI=1S/C26H31N3O.C7H6F3NO2S/c1-20(21-8-4-3-5-9-21)16-26(30)29(19-24-18-28(2)15-14-27-24)25-13-12-22-10-6-7-11-23(22)17-25;8-7(9,10)5-1-3-6(4-2-5)14(11,12)13/h3-5,8-9,12-15,17,20H,6-7,10-11,16,18-19H2,1-2H3;1-4H,(H2,11,12,13). The van der Waals surface area contributed by atoms with Gasteiger partial charge in [0.05, 0.1) is 29.3 Å². The lowest BCUT2D eigenvalue weighted by Gasteiger charge is -2.29. The van der Waals surface area contributed by atoms with E-state index in [1.165, 1.54) is 29.5 Å². The van der Waals surface area contributed by atoms with Crippen molar-refractivity contribution >= 4 is 27.3 Å². The highest BCUT2D eigenvalue weighted by Gasteiger charge is 2.30. The minimum atomic E-state index is -4.48. The number of nitrogens with zero attached hydrogens (tertiary/aromatic N) is 3. The van der Waals surface area contributed by atoms with E-state index in [-0.39, 0.29) is 16.7 Å². The van der Waals surface area contributed by atoms with Gasteiger partial charge in [-0.1, -0.05) is 43.3 Å². The number of anilines is 1. The number of aryl methyl sites for hydroxylation is 2. The first kappa shape index (κ1) is 32.9. The third-order valence-electron chi connectivity index (χ3n) is 7.66. The summed E-state index contributed by atoms with van der Waals surface area (Å²) in [6.45, 7) is 3.42. The molecule has 3 aromatic carbocycles. The zero-order chi connectivity index (χ0) is 31.9. The SMILES string of the molecule is CC(CC(=O)N(CC1=NC=CN(C)C1)c1ccc2c(c1)CCCC2)c1ccccc1.NS(=O)(=O)c1ccc(C(F)(F)F)cc1. The molecule has 0 fully saturated rings. The van der Waals surface area contributed by atoms with E-state index in [9.17, 15) is 26.4 Å². The topological polar surface area (TPSA) is 96.1 Å². The fraction of sp³-hybridized carbons (Fsp3) is 0.333. The van der Waals surface area contributed by atoms with E-state index in [1.54, 1.807) is 0 Å². The molecule has 11 heteroatoms. The predicted molar refractivity (Wildman–Crippen MR) is 167 cm³/mol. The summed E-state index contributed by atoms with van der Waals surface area (Å²) in [7, 11) is -1.90. The van der Waals surface area contributed by atoms with Gasteiger partial charge in [-0.15, -0.1) is 0 Å². The van der Waals surface area contributed by atoms with Crippen LogP contribution in [0.1, 0.15) is 54.4 Å². The van der Waals surface area contributed by atoms with Gasteiger partial charge in [-0.25, -0.2) is 13.6 Å². The summed E-state index contributed by atoms with van der Waals surface area (Å²) in [5.41, 5.74) is 5.14. The van der Waals surface area contributed by atoms with Gasteiger partial charge in [0.25, 0.3) is 0 Å². The molecule has 1 aliphatic carbocycles. The van der Waals surface area contributed by atoms with Crippen LogP contribution in [0, 0.1) is 0 Å². The van der Waals surface area contributed by atoms with Gasteiger partial charge < -0.3 is 9.80 Å². The third-order valence-corrected chi connectivity index (χ3v) is 8.58. The number of primary sulfonamides is 1. The summed E-state index contributed by atoms with van der Waals surface area (Å²) in [6, 6.07) is 19.9. The molecule has 0 bridgehead atoms. The van der Waals surface area contributed by atoms with Crippen LogP contribution in [-0.4, -0.2) is 45.1 Å². The number of hydrogen-bond donors (Lipinski definition) is 1. The van der Waals surface area contributed by atoms with Gasteiger partial charge in [0.15, 0.2) is 0 Å². The monoisotopic (exact) mass is 626 g/mol. The Morgan fingerprint density at radius 1 is 1.00 bits per heavy atom. The fourth-order valence-electron chi connectivity index (χ4n) is 5.22. The maximum absolute atomic E-state index is 13.5. The molecule has 3 aromatic rings. The molecule has 234 valence electrons. The van der Waals surface area contributed by atoms with Gasteiger partial charge in [-0.05, 0) is 84.7 Å². The molecule has 0 saturated carbocycles. The smallest absolute Gasteiger partial charge is 0.374 e. The molecule has 1 heterocycles. The number of fused-ring (bicyclic) bond motifs is 1. The van der Waals surface area contributed by atoms with Gasteiger partial charge in [-0.2, -0.15) is 13.2 Å². The number of nitrogens with two attached hydrogens (primary N) is 1. The first-order valence-electron chi connectivity index (χ1n) is 14.4. The predicted octanol–water partition coefficient (Wildman–Crippen LogP) is 6.30. The fourth-order valence-corrected chi connectivity index (χ4v) is 5.74. The van der Waals surface area contributed by atoms with Crippen LogP contribution in [0.15, 0.2) is 95.1 Å². The second-order valence-corrected chi connectivity index (χ2v) is 12.7. The summed E-state index contributed by atoms with van der Waals surface area (Å²) >= 11 is 0. The molecular weight excluding hydrogens is 589 g/mol. The van der Waals surface area contributed by atoms with E-state index in [2.05, 4.69) is 47.1 Å². The highest BCUT2D eigenvalue weighted by Crippen LogP contribution is 2.30. The Morgan fingerprint density at radius 2 is 1.66 bits per heavy atom. The van der Waals surface area contributed by atoms with Crippen molar-refractivity contribution in [1.82, 2.24) is 4.90 Å². The Labute approximate surface area is 256 Å². The minimum absolute atomic E-state index is 0.155. The molecule has 2 N–H and O–H groups in total. The molecule has 0 saturated heterocycles. The van der Waals surface area contributed by atoms with Gasteiger partial charge in [0.1, 0.15) is 0 Å². The molecule has 1 atom stereocenters. The Hall–Kier alpha value is -3.96. The van der Waals surface area contributed by atoms with Crippen molar-refractivity contribution in [1.29, 1.82) is 0 Å². The summed E-state index contributed by atoms with van der Waals surface area (Å²) in [5.74, 6) is 0.330. The van der Waals surface area contributed by atoms with Crippen molar-refractivity contribution in [2.75, 3.05) is 25.0 Å². The van der Waals surface area contributed by atoms with E-state index in [0.29, 0.717) is 25.1 Å². The molecule has 0 spiro atoms. The maximum atomic E-state index is 13.5. The second kappa shape index (κ2) is 14.2. The molecule has 44 heavy (non-hydrogen) atoms. The number of aliphatic imine (C=N–C) groups is 1. The van der Waals surface area contributed by atoms with Crippen LogP contribution in [0.3, 0.4) is 0 Å². The lowest BCUT2D eigenvalue weighted by molar-refractivity contribution is -0.137. The van der Waals surface area contributed by atoms with Crippen molar-refractivity contribution in [2.24, 2.45) is 10.1 Å². The van der Waals surface area contributed by atoms with Gasteiger partial charge in [0, 0.05) is 31.6 Å². The van der Waals surface area contributed by atoms with E-state index >= 15 is 0 Å². The van der Waals surface area contributed by atoms with E-state index in [1.807, 2.05) is 42.5 Å². The third kappa shape index (κ3) is 9.03. The average molecular weight is 627 g/mol. The molecule has 2 aliphatic rings. The zero-order valence-corrected chi connectivity index (χ0v) is 25.6. The quantitative estimate of drug-likeness (QED) is 0.333. The number of rotatable bonds is 7. The number of carbonyl (C=O) groups excluding carboxylic acids is 1. The Bertz CT molecular complexity index is 1610. The van der Waals surface area contributed by atoms with Crippen molar-refractivity contribution in [3.05, 3.63) is 107 Å². The number of amides is 1. The molecular formula is C33H37F3N4O3S. The van der Waals surface area contributed by atoms with E-state index in [0.717, 1.165) is 42.9 Å². The summed E-state index contributed by atoms with van der Waals surface area (Å²) < 4.78 is 57.5. The first-order chi connectivity index (χ1) is 20.8. The van der Waals surface area contributed by atoms with Crippen LogP contribution in [0.25, 0.3) is 0 Å². The number of halogens is 3. The van der Waals surface area contributed by atoms with Gasteiger partial charge in [-0.3, -0.25) is 9.79 Å². The largest absolute Gasteiger partial charge is 0.416 e.